The third-order valence-electron chi connectivity index (χ3n) is 1.88. The monoisotopic (exact) mass is 194 g/mol. The smallest absolute Gasteiger partial charge is 0.251 e. The van der Waals surface area contributed by atoms with E-state index in [1.807, 2.05) is 6.92 Å². The Morgan fingerprint density at radius 3 is 2.79 bits per heavy atom. The van der Waals surface area contributed by atoms with Gasteiger partial charge in [-0.05, 0) is 18.6 Å². The standard InChI is InChI=1S/C9H14N4O/c1-3-7-4-6(9(14)11-2)5-8(12-7)13-10/h4-5H,3,10H2,1-2H3,(H,11,14)(H,12,13). The van der Waals surface area contributed by atoms with Crippen LogP contribution in [0.15, 0.2) is 12.1 Å². The van der Waals surface area contributed by atoms with Crippen LogP contribution in [-0.4, -0.2) is 17.9 Å². The molecule has 0 aliphatic carbocycles. The fourth-order valence-corrected chi connectivity index (χ4v) is 1.12. The van der Waals surface area contributed by atoms with Gasteiger partial charge in [-0.25, -0.2) is 10.8 Å². The molecule has 1 amide bonds. The fraction of sp³-hybridized carbons (Fsp3) is 0.333. The first-order valence-corrected chi connectivity index (χ1v) is 4.41. The molecule has 1 aromatic rings. The number of aromatic nitrogens is 1. The molecule has 0 atom stereocenters. The summed E-state index contributed by atoms with van der Waals surface area (Å²) >= 11 is 0. The number of hydrogen-bond acceptors (Lipinski definition) is 4. The second kappa shape index (κ2) is 4.57. The first-order chi connectivity index (χ1) is 6.71. The Morgan fingerprint density at radius 1 is 1.57 bits per heavy atom. The summed E-state index contributed by atoms with van der Waals surface area (Å²) in [5.41, 5.74) is 3.82. The quantitative estimate of drug-likeness (QED) is 0.477. The molecule has 0 aromatic carbocycles. The van der Waals surface area contributed by atoms with Crippen molar-refractivity contribution in [2.75, 3.05) is 12.5 Å². The predicted molar refractivity (Wildman–Crippen MR) is 54.8 cm³/mol. The van der Waals surface area contributed by atoms with Crippen LogP contribution in [0.2, 0.25) is 0 Å². The van der Waals surface area contributed by atoms with Gasteiger partial charge in [-0.15, -0.1) is 0 Å². The second-order valence-electron chi connectivity index (χ2n) is 2.81. The summed E-state index contributed by atoms with van der Waals surface area (Å²) in [7, 11) is 1.59. The highest BCUT2D eigenvalue weighted by Crippen LogP contribution is 2.09. The van der Waals surface area contributed by atoms with Crippen LogP contribution >= 0.6 is 0 Å². The zero-order valence-electron chi connectivity index (χ0n) is 8.29. The number of hydrazine groups is 1. The molecule has 0 saturated carbocycles. The van der Waals surface area contributed by atoms with E-state index in [-0.39, 0.29) is 5.91 Å². The van der Waals surface area contributed by atoms with Gasteiger partial charge in [0.25, 0.3) is 5.91 Å². The molecule has 0 unspecified atom stereocenters. The predicted octanol–water partition coefficient (Wildman–Crippen LogP) is 0.289. The van der Waals surface area contributed by atoms with Crippen molar-refractivity contribution in [2.45, 2.75) is 13.3 Å². The van der Waals surface area contributed by atoms with Crippen molar-refractivity contribution in [2.24, 2.45) is 5.84 Å². The molecule has 76 valence electrons. The summed E-state index contributed by atoms with van der Waals surface area (Å²) in [5, 5.41) is 2.55. The number of hydrogen-bond donors (Lipinski definition) is 3. The van der Waals surface area contributed by atoms with E-state index in [0.717, 1.165) is 12.1 Å². The Kier molecular flexibility index (Phi) is 3.41. The molecule has 0 saturated heterocycles. The molecule has 1 aromatic heterocycles. The van der Waals surface area contributed by atoms with Crippen LogP contribution in [0.4, 0.5) is 5.82 Å². The Labute approximate surface area is 82.7 Å². The Hall–Kier alpha value is -1.62. The van der Waals surface area contributed by atoms with Gasteiger partial charge in [0.05, 0.1) is 0 Å². The van der Waals surface area contributed by atoms with Gasteiger partial charge in [-0.2, -0.15) is 0 Å². The second-order valence-corrected chi connectivity index (χ2v) is 2.81. The highest BCUT2D eigenvalue weighted by molar-refractivity contribution is 5.94. The lowest BCUT2D eigenvalue weighted by Crippen LogP contribution is -2.19. The average Bonchev–Trinajstić information content (AvgIpc) is 2.27. The molecule has 0 bridgehead atoms. The van der Waals surface area contributed by atoms with Crippen molar-refractivity contribution in [3.05, 3.63) is 23.4 Å². The number of nitrogens with two attached hydrogens (primary N) is 1. The number of anilines is 1. The SMILES string of the molecule is CCc1cc(C(=O)NC)cc(NN)n1. The molecule has 5 nitrogen and oxygen atoms in total. The van der Waals surface area contributed by atoms with Crippen molar-refractivity contribution in [1.29, 1.82) is 0 Å². The lowest BCUT2D eigenvalue weighted by atomic mass is 10.2. The summed E-state index contributed by atoms with van der Waals surface area (Å²) in [6.45, 7) is 1.97. The first kappa shape index (κ1) is 10.5. The molecule has 1 heterocycles. The summed E-state index contributed by atoms with van der Waals surface area (Å²) < 4.78 is 0. The van der Waals surface area contributed by atoms with Crippen molar-refractivity contribution in [1.82, 2.24) is 10.3 Å². The van der Waals surface area contributed by atoms with Gasteiger partial charge in [-0.3, -0.25) is 4.79 Å². The molecule has 0 fully saturated rings. The van der Waals surface area contributed by atoms with Gasteiger partial charge in [0, 0.05) is 18.3 Å². The molecule has 0 aliphatic heterocycles. The molecule has 0 radical (unpaired) electrons. The van der Waals surface area contributed by atoms with E-state index < -0.39 is 0 Å². The van der Waals surface area contributed by atoms with E-state index in [4.69, 9.17) is 5.84 Å². The maximum Gasteiger partial charge on any atom is 0.251 e. The third kappa shape index (κ3) is 2.20. The zero-order valence-corrected chi connectivity index (χ0v) is 8.29. The van der Waals surface area contributed by atoms with Gasteiger partial charge in [0.15, 0.2) is 0 Å². The van der Waals surface area contributed by atoms with Crippen LogP contribution in [0.25, 0.3) is 0 Å². The average molecular weight is 194 g/mol. The van der Waals surface area contributed by atoms with E-state index in [0.29, 0.717) is 11.4 Å². The highest BCUT2D eigenvalue weighted by Gasteiger charge is 2.06. The summed E-state index contributed by atoms with van der Waals surface area (Å²) in [6, 6.07) is 3.36. The van der Waals surface area contributed by atoms with Crippen LogP contribution in [0, 0.1) is 0 Å². The van der Waals surface area contributed by atoms with E-state index >= 15 is 0 Å². The van der Waals surface area contributed by atoms with E-state index in [1.165, 1.54) is 0 Å². The molecule has 0 spiro atoms. The number of aryl methyl sites for hydroxylation is 1. The molecular weight excluding hydrogens is 180 g/mol. The topological polar surface area (TPSA) is 80.0 Å². The molecule has 1 rings (SSSR count). The Balaban J connectivity index is 3.10. The maximum atomic E-state index is 11.3. The van der Waals surface area contributed by atoms with Crippen LogP contribution in [0.5, 0.6) is 0 Å². The van der Waals surface area contributed by atoms with Crippen LogP contribution in [-0.2, 0) is 6.42 Å². The zero-order chi connectivity index (χ0) is 10.6. The van der Waals surface area contributed by atoms with Crippen molar-refractivity contribution in [3.8, 4) is 0 Å². The number of rotatable bonds is 3. The van der Waals surface area contributed by atoms with Gasteiger partial charge >= 0.3 is 0 Å². The van der Waals surface area contributed by atoms with Crippen LogP contribution in [0.3, 0.4) is 0 Å². The summed E-state index contributed by atoms with van der Waals surface area (Å²) in [4.78, 5) is 15.5. The first-order valence-electron chi connectivity index (χ1n) is 4.41. The minimum absolute atomic E-state index is 0.140. The summed E-state index contributed by atoms with van der Waals surface area (Å²) in [5.74, 6) is 5.60. The van der Waals surface area contributed by atoms with Crippen LogP contribution in [0.1, 0.15) is 23.0 Å². The highest BCUT2D eigenvalue weighted by atomic mass is 16.1. The largest absolute Gasteiger partial charge is 0.355 e. The third-order valence-corrected chi connectivity index (χ3v) is 1.88. The van der Waals surface area contributed by atoms with Gasteiger partial charge in [-0.1, -0.05) is 6.92 Å². The molecule has 4 N–H and O–H groups in total. The van der Waals surface area contributed by atoms with Crippen LogP contribution < -0.4 is 16.6 Å². The van der Waals surface area contributed by atoms with E-state index in [9.17, 15) is 4.79 Å². The Morgan fingerprint density at radius 2 is 2.29 bits per heavy atom. The minimum atomic E-state index is -0.140. The number of carbonyl (C=O) groups is 1. The van der Waals surface area contributed by atoms with Crippen molar-refractivity contribution < 1.29 is 4.79 Å². The van der Waals surface area contributed by atoms with Crippen molar-refractivity contribution in [3.63, 3.8) is 0 Å². The van der Waals surface area contributed by atoms with E-state index in [1.54, 1.807) is 19.2 Å². The van der Waals surface area contributed by atoms with Gasteiger partial charge in [0.2, 0.25) is 0 Å². The lowest BCUT2D eigenvalue weighted by Gasteiger charge is -2.06. The molecule has 5 heteroatoms. The summed E-state index contributed by atoms with van der Waals surface area (Å²) in [6.07, 6.45) is 0.763. The molecule has 0 aliphatic rings. The number of pyridine rings is 1. The molecular formula is C9H14N4O. The van der Waals surface area contributed by atoms with Gasteiger partial charge < -0.3 is 10.7 Å². The Bertz CT molecular complexity index is 315. The normalized spacial score (nSPS) is 9.64. The maximum absolute atomic E-state index is 11.3. The number of amides is 1. The number of nitrogens with zero attached hydrogens (tertiary/aromatic N) is 1. The van der Waals surface area contributed by atoms with Crippen molar-refractivity contribution >= 4 is 11.7 Å². The lowest BCUT2D eigenvalue weighted by molar-refractivity contribution is 0.0963. The molecule has 14 heavy (non-hydrogen) atoms. The number of carbonyl (C=O) groups excluding carboxylic acids is 1. The minimum Gasteiger partial charge on any atom is -0.355 e. The van der Waals surface area contributed by atoms with E-state index in [2.05, 4.69) is 15.7 Å². The number of nitrogens with one attached hydrogen (secondary N) is 2. The fourth-order valence-electron chi connectivity index (χ4n) is 1.12. The van der Waals surface area contributed by atoms with Gasteiger partial charge in [0.1, 0.15) is 5.82 Å². The number of nitrogen functional groups attached to an aromatic ring is 1.